The summed E-state index contributed by atoms with van der Waals surface area (Å²) in [5.41, 5.74) is 2.72. The van der Waals surface area contributed by atoms with Gasteiger partial charge >= 0.3 is 0 Å². The zero-order valence-electron chi connectivity index (χ0n) is 17.0. The van der Waals surface area contributed by atoms with Crippen molar-refractivity contribution in [1.29, 1.82) is 0 Å². The monoisotopic (exact) mass is 427 g/mol. The van der Waals surface area contributed by atoms with E-state index < -0.39 is 6.61 Å². The molecular formula is C22H26ClN5O2. The summed E-state index contributed by atoms with van der Waals surface area (Å²) in [4.78, 5) is 22.2. The van der Waals surface area contributed by atoms with E-state index in [9.17, 15) is 4.79 Å². The molecule has 3 aromatic rings. The number of halogens is 1. The third kappa shape index (κ3) is 4.33. The third-order valence-electron chi connectivity index (χ3n) is 5.79. The van der Waals surface area contributed by atoms with Crippen LogP contribution in [0.5, 0.6) is 0 Å². The number of hydrogen-bond acceptors (Lipinski definition) is 6. The first-order valence-electron chi connectivity index (χ1n) is 10.2. The molecule has 1 aliphatic heterocycles. The van der Waals surface area contributed by atoms with Crippen LogP contribution in [0.25, 0.3) is 10.9 Å². The second kappa shape index (κ2) is 9.12. The predicted molar refractivity (Wildman–Crippen MR) is 118 cm³/mol. The Bertz CT molecular complexity index is 1030. The van der Waals surface area contributed by atoms with Crippen LogP contribution < -0.4 is 10.2 Å². The zero-order valence-corrected chi connectivity index (χ0v) is 17.8. The summed E-state index contributed by atoms with van der Waals surface area (Å²) in [5, 5.41) is 14.4. The van der Waals surface area contributed by atoms with Crippen molar-refractivity contribution in [2.75, 3.05) is 31.1 Å². The Hall–Kier alpha value is -2.48. The minimum Gasteiger partial charge on any atom is -0.388 e. The smallest absolute Gasteiger partial charge is 0.225 e. The lowest BCUT2D eigenvalue weighted by molar-refractivity contribution is 0.0903. The molecule has 8 heteroatoms. The van der Waals surface area contributed by atoms with Crippen LogP contribution in [0, 0.1) is 5.92 Å². The van der Waals surface area contributed by atoms with Crippen molar-refractivity contribution in [3.63, 3.8) is 0 Å². The van der Waals surface area contributed by atoms with Gasteiger partial charge in [0.25, 0.3) is 0 Å². The van der Waals surface area contributed by atoms with Gasteiger partial charge in [-0.3, -0.25) is 4.79 Å². The molecule has 4 rings (SSSR count). The van der Waals surface area contributed by atoms with E-state index in [-0.39, 0.29) is 5.78 Å². The van der Waals surface area contributed by atoms with E-state index >= 15 is 0 Å². The number of Topliss-reactive ketones (excluding diaryl/α,β-unsaturated/α-hetero) is 1. The molecule has 1 aromatic carbocycles. The lowest BCUT2D eigenvalue weighted by atomic mass is 9.97. The number of aliphatic hydroxyl groups excluding tert-OH is 1. The molecule has 1 saturated heterocycles. The fourth-order valence-corrected chi connectivity index (χ4v) is 4.39. The molecule has 3 heterocycles. The van der Waals surface area contributed by atoms with Gasteiger partial charge in [-0.05, 0) is 43.0 Å². The van der Waals surface area contributed by atoms with Gasteiger partial charge in [0.1, 0.15) is 6.61 Å². The maximum absolute atomic E-state index is 11.5. The highest BCUT2D eigenvalue weighted by Gasteiger charge is 2.21. The molecule has 0 spiro atoms. The van der Waals surface area contributed by atoms with Gasteiger partial charge in [0.15, 0.2) is 5.78 Å². The standard InChI is InChI=1S/C22H26ClN5O2/c1-27-13-17(21-18(23)3-2-4-19(21)27)10-24-9-15-5-7-28(8-6-15)22-25-11-16(12-26-22)20(30)14-29/h2-4,11-13,15,24,29H,5-10,14H2,1H3. The first-order valence-corrected chi connectivity index (χ1v) is 10.6. The molecule has 0 amide bonds. The summed E-state index contributed by atoms with van der Waals surface area (Å²) >= 11 is 6.42. The van der Waals surface area contributed by atoms with E-state index in [0.717, 1.165) is 54.9 Å². The minimum absolute atomic E-state index is 0.342. The highest BCUT2D eigenvalue weighted by Crippen LogP contribution is 2.28. The van der Waals surface area contributed by atoms with E-state index in [4.69, 9.17) is 16.7 Å². The van der Waals surface area contributed by atoms with E-state index in [1.54, 1.807) is 0 Å². The van der Waals surface area contributed by atoms with Crippen LogP contribution in [-0.2, 0) is 13.6 Å². The first kappa shape index (κ1) is 20.8. The number of aromatic nitrogens is 3. The highest BCUT2D eigenvalue weighted by molar-refractivity contribution is 6.35. The van der Waals surface area contributed by atoms with Gasteiger partial charge in [-0.2, -0.15) is 0 Å². The fraction of sp³-hybridized carbons (Fsp3) is 0.409. The number of aliphatic hydroxyl groups is 1. The van der Waals surface area contributed by atoms with Crippen LogP contribution in [-0.4, -0.2) is 51.7 Å². The molecular weight excluding hydrogens is 402 g/mol. The Balaban J connectivity index is 1.28. The first-order chi connectivity index (χ1) is 14.6. The van der Waals surface area contributed by atoms with Gasteiger partial charge in [-0.25, -0.2) is 9.97 Å². The molecule has 0 bridgehead atoms. The van der Waals surface area contributed by atoms with Crippen molar-refractivity contribution in [2.24, 2.45) is 13.0 Å². The molecule has 7 nitrogen and oxygen atoms in total. The molecule has 2 N–H and O–H groups in total. The predicted octanol–water partition coefficient (Wildman–Crippen LogP) is 2.80. The lowest BCUT2D eigenvalue weighted by Crippen LogP contribution is -2.38. The Morgan fingerprint density at radius 2 is 2.00 bits per heavy atom. The third-order valence-corrected chi connectivity index (χ3v) is 6.11. The molecule has 0 atom stereocenters. The summed E-state index contributed by atoms with van der Waals surface area (Å²) in [6.07, 6.45) is 7.25. The van der Waals surface area contributed by atoms with Gasteiger partial charge in [0.2, 0.25) is 5.95 Å². The van der Waals surface area contributed by atoms with E-state index in [0.29, 0.717) is 17.4 Å². The van der Waals surface area contributed by atoms with Gasteiger partial charge in [0, 0.05) is 56.2 Å². The number of carbonyl (C=O) groups is 1. The number of ketones is 1. The van der Waals surface area contributed by atoms with Gasteiger partial charge < -0.3 is 19.9 Å². The second-order valence-corrected chi connectivity index (χ2v) is 8.22. The number of nitrogens with one attached hydrogen (secondary N) is 1. The summed E-state index contributed by atoms with van der Waals surface area (Å²) in [6, 6.07) is 6.02. The molecule has 2 aromatic heterocycles. The Kier molecular flexibility index (Phi) is 6.32. The molecule has 1 aliphatic rings. The quantitative estimate of drug-likeness (QED) is 0.564. The average Bonchev–Trinajstić information content (AvgIpc) is 3.10. The number of anilines is 1. The zero-order chi connectivity index (χ0) is 21.1. The topological polar surface area (TPSA) is 83.3 Å². The second-order valence-electron chi connectivity index (χ2n) is 7.81. The summed E-state index contributed by atoms with van der Waals surface area (Å²) in [7, 11) is 2.05. The van der Waals surface area contributed by atoms with E-state index in [1.165, 1.54) is 18.0 Å². The normalized spacial score (nSPS) is 15.1. The van der Waals surface area contributed by atoms with E-state index in [1.807, 2.05) is 19.2 Å². The van der Waals surface area contributed by atoms with Crippen LogP contribution >= 0.6 is 11.6 Å². The number of carbonyl (C=O) groups excluding carboxylic acids is 1. The molecule has 0 saturated carbocycles. The van der Waals surface area contributed by atoms with Gasteiger partial charge in [0.05, 0.1) is 10.6 Å². The molecule has 0 unspecified atom stereocenters. The van der Waals surface area contributed by atoms with Crippen molar-refractivity contribution < 1.29 is 9.90 Å². The van der Waals surface area contributed by atoms with Gasteiger partial charge in [-0.1, -0.05) is 17.7 Å². The van der Waals surface area contributed by atoms with Gasteiger partial charge in [-0.15, -0.1) is 0 Å². The number of benzene rings is 1. The summed E-state index contributed by atoms with van der Waals surface area (Å²) in [5.74, 6) is 0.877. The van der Waals surface area contributed by atoms with Crippen LogP contribution in [0.3, 0.4) is 0 Å². The van der Waals surface area contributed by atoms with Crippen LogP contribution in [0.4, 0.5) is 5.95 Å². The number of nitrogens with zero attached hydrogens (tertiary/aromatic N) is 4. The lowest BCUT2D eigenvalue weighted by Gasteiger charge is -2.32. The Morgan fingerprint density at radius 1 is 1.27 bits per heavy atom. The molecule has 158 valence electrons. The largest absolute Gasteiger partial charge is 0.388 e. The van der Waals surface area contributed by atoms with Crippen molar-refractivity contribution in [2.45, 2.75) is 19.4 Å². The van der Waals surface area contributed by atoms with Crippen molar-refractivity contribution in [3.05, 3.63) is 52.9 Å². The van der Waals surface area contributed by atoms with Crippen molar-refractivity contribution >= 4 is 34.2 Å². The SMILES string of the molecule is Cn1cc(CNCC2CCN(c3ncc(C(=O)CO)cn3)CC2)c2c(Cl)cccc21. The average molecular weight is 428 g/mol. The number of hydrogen-bond donors (Lipinski definition) is 2. The maximum atomic E-state index is 11.5. The van der Waals surface area contributed by atoms with Crippen LogP contribution in [0.15, 0.2) is 36.8 Å². The Morgan fingerprint density at radius 3 is 2.70 bits per heavy atom. The molecule has 1 fully saturated rings. The Labute approximate surface area is 180 Å². The minimum atomic E-state index is -0.522. The molecule has 0 aliphatic carbocycles. The molecule has 30 heavy (non-hydrogen) atoms. The van der Waals surface area contributed by atoms with E-state index in [2.05, 4.69) is 37.0 Å². The molecule has 0 radical (unpaired) electrons. The summed E-state index contributed by atoms with van der Waals surface area (Å²) < 4.78 is 2.12. The fourth-order valence-electron chi connectivity index (χ4n) is 4.09. The number of aryl methyl sites for hydroxylation is 1. The summed E-state index contributed by atoms with van der Waals surface area (Å²) in [6.45, 7) is 3.01. The van der Waals surface area contributed by atoms with Crippen molar-refractivity contribution in [1.82, 2.24) is 19.9 Å². The van der Waals surface area contributed by atoms with Crippen LogP contribution in [0.2, 0.25) is 5.02 Å². The highest BCUT2D eigenvalue weighted by atomic mass is 35.5. The number of rotatable bonds is 7. The number of piperidine rings is 1. The van der Waals surface area contributed by atoms with Crippen LogP contribution in [0.1, 0.15) is 28.8 Å². The van der Waals surface area contributed by atoms with Crippen molar-refractivity contribution in [3.8, 4) is 0 Å². The maximum Gasteiger partial charge on any atom is 0.225 e. The number of fused-ring (bicyclic) bond motifs is 1.